The van der Waals surface area contributed by atoms with E-state index < -0.39 is 0 Å². The first kappa shape index (κ1) is 20.7. The van der Waals surface area contributed by atoms with Crippen LogP contribution in [0.25, 0.3) is 0 Å². The van der Waals surface area contributed by atoms with Crippen molar-refractivity contribution in [3.63, 3.8) is 0 Å². The second-order valence-corrected chi connectivity index (χ2v) is 7.97. The first-order chi connectivity index (χ1) is 14.6. The molecule has 3 atom stereocenters. The van der Waals surface area contributed by atoms with Crippen LogP contribution in [0.2, 0.25) is 0 Å². The van der Waals surface area contributed by atoms with Gasteiger partial charge in [-0.05, 0) is 24.6 Å². The average Bonchev–Trinajstić information content (AvgIpc) is 3.37. The second-order valence-electron chi connectivity index (χ2n) is 7.97. The smallest absolute Gasteiger partial charge is 0.220 e. The third-order valence-electron chi connectivity index (χ3n) is 5.80. The molecule has 0 bridgehead atoms. The van der Waals surface area contributed by atoms with Crippen molar-refractivity contribution in [2.24, 2.45) is 5.92 Å². The van der Waals surface area contributed by atoms with E-state index in [1.54, 1.807) is 18.3 Å². The molecule has 0 spiro atoms. The molecule has 7 nitrogen and oxygen atoms in total. The third-order valence-corrected chi connectivity index (χ3v) is 5.80. The van der Waals surface area contributed by atoms with Crippen LogP contribution in [0.5, 0.6) is 5.75 Å². The number of rotatable bonds is 8. The van der Waals surface area contributed by atoms with Crippen LogP contribution < -0.4 is 20.9 Å². The summed E-state index contributed by atoms with van der Waals surface area (Å²) in [6, 6.07) is 10.9. The Kier molecular flexibility index (Phi) is 6.56. The summed E-state index contributed by atoms with van der Waals surface area (Å²) in [5.74, 6) is 0.501. The van der Waals surface area contributed by atoms with Gasteiger partial charge in [-0.25, -0.2) is 9.82 Å². The second kappa shape index (κ2) is 9.51. The minimum atomic E-state index is -0.278. The molecule has 0 aliphatic carbocycles. The van der Waals surface area contributed by atoms with Crippen molar-refractivity contribution in [3.05, 3.63) is 59.7 Å². The van der Waals surface area contributed by atoms with Crippen LogP contribution in [0.3, 0.4) is 0 Å². The minimum Gasteiger partial charge on any atom is -0.497 e. The van der Waals surface area contributed by atoms with Crippen LogP contribution in [0.4, 0.5) is 4.39 Å². The zero-order valence-corrected chi connectivity index (χ0v) is 17.1. The Balaban J connectivity index is 1.49. The molecule has 2 aliphatic heterocycles. The van der Waals surface area contributed by atoms with E-state index in [9.17, 15) is 9.18 Å². The van der Waals surface area contributed by atoms with Crippen LogP contribution in [-0.4, -0.2) is 48.6 Å². The number of carbonyl (C=O) groups is 1. The average molecular weight is 413 g/mol. The Morgan fingerprint density at radius 2 is 2.17 bits per heavy atom. The Hall–Kier alpha value is -2.55. The number of benzene rings is 1. The number of carbonyl (C=O) groups excluding carboxylic acids is 1. The summed E-state index contributed by atoms with van der Waals surface area (Å²) < 4.78 is 19.8. The van der Waals surface area contributed by atoms with Gasteiger partial charge in [0.05, 0.1) is 18.8 Å². The number of ether oxygens (including phenoxy) is 1. The molecule has 2 aromatic rings. The first-order valence-electron chi connectivity index (χ1n) is 10.4. The normalized spacial score (nSPS) is 23.7. The summed E-state index contributed by atoms with van der Waals surface area (Å²) in [7, 11) is 1.53. The standard InChI is InChI=1S/C22H28FN5O2/c1-30-18-6-7-19(20(23)10-18)22-15(11-25-27-22)12-28(13-16-4-2-3-9-24-16)14-17-5-8-21(29)26-17/h2-4,6-7,9-10,15,17,22,25,27H,5,8,11-14H2,1H3,(H,26,29)/t15?,17-,22?/m0/s1. The number of methoxy groups -OCH3 is 1. The van der Waals surface area contributed by atoms with Crippen molar-refractivity contribution < 1.29 is 13.9 Å². The van der Waals surface area contributed by atoms with Gasteiger partial charge in [0.1, 0.15) is 11.6 Å². The van der Waals surface area contributed by atoms with E-state index in [2.05, 4.69) is 26.1 Å². The molecule has 2 fully saturated rings. The maximum absolute atomic E-state index is 14.7. The number of amides is 1. The van der Waals surface area contributed by atoms with Gasteiger partial charge in [0.2, 0.25) is 5.91 Å². The SMILES string of the molecule is COc1ccc(C2NNCC2CN(Cc2ccccn2)C[C@@H]2CCC(=O)N2)c(F)c1. The summed E-state index contributed by atoms with van der Waals surface area (Å²) in [6.07, 6.45) is 3.21. The lowest BCUT2D eigenvalue weighted by molar-refractivity contribution is -0.119. The zero-order valence-electron chi connectivity index (χ0n) is 17.1. The van der Waals surface area contributed by atoms with Crippen LogP contribution in [0.15, 0.2) is 42.6 Å². The zero-order chi connectivity index (χ0) is 20.9. The van der Waals surface area contributed by atoms with Crippen molar-refractivity contribution in [2.75, 3.05) is 26.7 Å². The molecule has 2 saturated heterocycles. The van der Waals surface area contributed by atoms with E-state index in [4.69, 9.17) is 4.74 Å². The molecule has 8 heteroatoms. The van der Waals surface area contributed by atoms with Gasteiger partial charge < -0.3 is 10.1 Å². The van der Waals surface area contributed by atoms with Crippen molar-refractivity contribution in [1.82, 2.24) is 26.1 Å². The van der Waals surface area contributed by atoms with Crippen molar-refractivity contribution in [1.29, 1.82) is 0 Å². The van der Waals surface area contributed by atoms with Gasteiger partial charge in [0.15, 0.2) is 0 Å². The van der Waals surface area contributed by atoms with Gasteiger partial charge >= 0.3 is 0 Å². The largest absolute Gasteiger partial charge is 0.497 e. The van der Waals surface area contributed by atoms with Gasteiger partial charge in [0.25, 0.3) is 0 Å². The highest BCUT2D eigenvalue weighted by molar-refractivity contribution is 5.78. The highest BCUT2D eigenvalue weighted by Gasteiger charge is 2.33. The Bertz CT molecular complexity index is 866. The van der Waals surface area contributed by atoms with Crippen molar-refractivity contribution in [3.8, 4) is 5.75 Å². The van der Waals surface area contributed by atoms with Gasteiger partial charge in [0, 0.05) is 62.4 Å². The van der Waals surface area contributed by atoms with Crippen LogP contribution in [0.1, 0.15) is 30.1 Å². The lowest BCUT2D eigenvalue weighted by atomic mass is 9.93. The van der Waals surface area contributed by atoms with Gasteiger partial charge in [-0.3, -0.25) is 20.1 Å². The molecule has 1 aromatic carbocycles. The number of pyridine rings is 1. The van der Waals surface area contributed by atoms with E-state index in [1.165, 1.54) is 13.2 Å². The van der Waals surface area contributed by atoms with Crippen LogP contribution >= 0.6 is 0 Å². The molecule has 1 amide bonds. The fraction of sp³-hybridized carbons (Fsp3) is 0.455. The van der Waals surface area contributed by atoms with Gasteiger partial charge in [-0.1, -0.05) is 12.1 Å². The van der Waals surface area contributed by atoms with Crippen molar-refractivity contribution in [2.45, 2.75) is 31.5 Å². The van der Waals surface area contributed by atoms with E-state index >= 15 is 0 Å². The van der Waals surface area contributed by atoms with Crippen LogP contribution in [-0.2, 0) is 11.3 Å². The molecule has 0 saturated carbocycles. The molecule has 2 aliphatic rings. The van der Waals surface area contributed by atoms with Gasteiger partial charge in [-0.2, -0.15) is 0 Å². The number of nitrogens with one attached hydrogen (secondary N) is 3. The lowest BCUT2D eigenvalue weighted by Crippen LogP contribution is -2.41. The molecular weight excluding hydrogens is 385 g/mol. The minimum absolute atomic E-state index is 0.111. The third kappa shape index (κ3) is 4.95. The lowest BCUT2D eigenvalue weighted by Gasteiger charge is -2.30. The fourth-order valence-electron chi connectivity index (χ4n) is 4.31. The highest BCUT2D eigenvalue weighted by atomic mass is 19.1. The molecule has 3 N–H and O–H groups in total. The van der Waals surface area contributed by atoms with Crippen molar-refractivity contribution >= 4 is 5.91 Å². The van der Waals surface area contributed by atoms with E-state index in [0.717, 1.165) is 31.7 Å². The summed E-state index contributed by atoms with van der Waals surface area (Å²) in [6.45, 7) is 2.91. The Labute approximate surface area is 176 Å². The van der Waals surface area contributed by atoms with E-state index in [1.807, 2.05) is 18.2 Å². The molecule has 4 rings (SSSR count). The molecule has 2 unspecified atom stereocenters. The molecule has 30 heavy (non-hydrogen) atoms. The van der Waals surface area contributed by atoms with E-state index in [0.29, 0.717) is 24.3 Å². The Morgan fingerprint density at radius 3 is 2.87 bits per heavy atom. The quantitative estimate of drug-likeness (QED) is 0.612. The summed E-state index contributed by atoms with van der Waals surface area (Å²) >= 11 is 0. The number of halogens is 1. The molecule has 3 heterocycles. The number of hydrogen-bond donors (Lipinski definition) is 3. The fourth-order valence-corrected chi connectivity index (χ4v) is 4.31. The molecule has 1 aromatic heterocycles. The highest BCUT2D eigenvalue weighted by Crippen LogP contribution is 2.30. The van der Waals surface area contributed by atoms with Gasteiger partial charge in [-0.15, -0.1) is 0 Å². The number of hydrazine groups is 1. The number of hydrogen-bond acceptors (Lipinski definition) is 6. The first-order valence-corrected chi connectivity index (χ1v) is 10.4. The molecule has 0 radical (unpaired) electrons. The maximum Gasteiger partial charge on any atom is 0.220 e. The number of nitrogens with zero attached hydrogens (tertiary/aromatic N) is 2. The maximum atomic E-state index is 14.7. The number of aromatic nitrogens is 1. The Morgan fingerprint density at radius 1 is 1.27 bits per heavy atom. The van der Waals surface area contributed by atoms with E-state index in [-0.39, 0.29) is 29.7 Å². The summed E-state index contributed by atoms with van der Waals surface area (Å²) in [5.41, 5.74) is 8.02. The topological polar surface area (TPSA) is 78.5 Å². The monoisotopic (exact) mass is 413 g/mol. The summed E-state index contributed by atoms with van der Waals surface area (Å²) in [5, 5.41) is 3.05. The van der Waals surface area contributed by atoms with Crippen LogP contribution in [0, 0.1) is 11.7 Å². The predicted molar refractivity (Wildman–Crippen MR) is 111 cm³/mol. The molecule has 160 valence electrons. The summed E-state index contributed by atoms with van der Waals surface area (Å²) in [4.78, 5) is 18.4. The predicted octanol–water partition coefficient (Wildman–Crippen LogP) is 1.78. The molecular formula is C22H28FN5O2.